The van der Waals surface area contributed by atoms with E-state index in [-0.39, 0.29) is 17.9 Å². The first-order chi connectivity index (χ1) is 8.74. The van der Waals surface area contributed by atoms with Crippen molar-refractivity contribution >= 4 is 22.8 Å². The fraction of sp³-hybridized carbons (Fsp3) is 0.417. The number of hydrogen-bond acceptors (Lipinski definition) is 5. The second kappa shape index (κ2) is 6.19. The van der Waals surface area contributed by atoms with Crippen LogP contribution in [-0.4, -0.2) is 46.7 Å². The van der Waals surface area contributed by atoms with Gasteiger partial charge in [0.2, 0.25) is 0 Å². The average Bonchev–Trinajstić information content (AvgIpc) is 2.78. The SMILES string of the molecule is COCC(N)C(CO)Sc1nc2ccccc2[nH]1. The molecule has 0 amide bonds. The number of aromatic nitrogens is 2. The molecule has 0 bridgehead atoms. The molecule has 1 aromatic heterocycles. The van der Waals surface area contributed by atoms with Gasteiger partial charge in [-0.2, -0.15) is 0 Å². The normalized spacial score (nSPS) is 14.8. The van der Waals surface area contributed by atoms with Crippen LogP contribution in [0.2, 0.25) is 0 Å². The van der Waals surface area contributed by atoms with E-state index < -0.39 is 0 Å². The first-order valence-electron chi connectivity index (χ1n) is 5.71. The molecule has 2 unspecified atom stereocenters. The van der Waals surface area contributed by atoms with Gasteiger partial charge in [-0.25, -0.2) is 4.98 Å². The molecule has 0 aliphatic rings. The highest BCUT2D eigenvalue weighted by Crippen LogP contribution is 2.24. The predicted octanol–water partition coefficient (Wildman–Crippen LogP) is 0.990. The summed E-state index contributed by atoms with van der Waals surface area (Å²) in [6.45, 7) is 0.407. The lowest BCUT2D eigenvalue weighted by atomic mass is 10.2. The first kappa shape index (κ1) is 13.4. The number of imidazole rings is 1. The summed E-state index contributed by atoms with van der Waals surface area (Å²) in [6.07, 6.45) is 0. The van der Waals surface area contributed by atoms with Gasteiger partial charge in [0.25, 0.3) is 0 Å². The summed E-state index contributed by atoms with van der Waals surface area (Å²) >= 11 is 1.44. The third-order valence-corrected chi connectivity index (χ3v) is 3.87. The zero-order chi connectivity index (χ0) is 13.0. The Hall–Kier alpha value is -1.08. The number of thioether (sulfide) groups is 1. The van der Waals surface area contributed by atoms with Gasteiger partial charge in [0.05, 0.1) is 29.5 Å². The Bertz CT molecular complexity index is 470. The van der Waals surface area contributed by atoms with Crippen LogP contribution in [0.5, 0.6) is 0 Å². The molecular formula is C12H17N3O2S. The number of benzene rings is 1. The lowest BCUT2D eigenvalue weighted by Crippen LogP contribution is -2.38. The molecule has 0 radical (unpaired) electrons. The number of ether oxygens (including phenoxy) is 1. The van der Waals surface area contributed by atoms with E-state index in [1.807, 2.05) is 24.3 Å². The van der Waals surface area contributed by atoms with E-state index in [9.17, 15) is 5.11 Å². The third-order valence-electron chi connectivity index (χ3n) is 2.65. The molecule has 0 aliphatic heterocycles. The van der Waals surface area contributed by atoms with Crippen LogP contribution in [0.15, 0.2) is 29.4 Å². The highest BCUT2D eigenvalue weighted by molar-refractivity contribution is 7.99. The number of H-pyrrole nitrogens is 1. The van der Waals surface area contributed by atoms with Gasteiger partial charge in [-0.05, 0) is 12.1 Å². The zero-order valence-corrected chi connectivity index (χ0v) is 11.0. The van der Waals surface area contributed by atoms with Crippen molar-refractivity contribution in [2.45, 2.75) is 16.4 Å². The Morgan fingerprint density at radius 2 is 2.28 bits per heavy atom. The largest absolute Gasteiger partial charge is 0.395 e. The van der Waals surface area contributed by atoms with Crippen molar-refractivity contribution in [3.63, 3.8) is 0 Å². The molecule has 98 valence electrons. The Kier molecular flexibility index (Phi) is 4.60. The number of nitrogens with zero attached hydrogens (tertiary/aromatic N) is 1. The number of hydrogen-bond donors (Lipinski definition) is 3. The van der Waals surface area contributed by atoms with Gasteiger partial charge < -0.3 is 20.6 Å². The quantitative estimate of drug-likeness (QED) is 0.680. The minimum atomic E-state index is -0.224. The van der Waals surface area contributed by atoms with Gasteiger partial charge in [0.1, 0.15) is 0 Å². The molecule has 18 heavy (non-hydrogen) atoms. The molecule has 2 rings (SSSR count). The lowest BCUT2D eigenvalue weighted by Gasteiger charge is -2.19. The van der Waals surface area contributed by atoms with Crippen molar-refractivity contribution in [2.24, 2.45) is 5.73 Å². The van der Waals surface area contributed by atoms with Crippen molar-refractivity contribution in [3.05, 3.63) is 24.3 Å². The van der Waals surface area contributed by atoms with Gasteiger partial charge in [-0.15, -0.1) is 0 Å². The smallest absolute Gasteiger partial charge is 0.166 e. The number of fused-ring (bicyclic) bond motifs is 1. The van der Waals surface area contributed by atoms with E-state index >= 15 is 0 Å². The Balaban J connectivity index is 2.11. The highest BCUT2D eigenvalue weighted by atomic mass is 32.2. The molecule has 2 atom stereocenters. The summed E-state index contributed by atoms with van der Waals surface area (Å²) in [4.78, 5) is 7.64. The van der Waals surface area contributed by atoms with Crippen LogP contribution >= 0.6 is 11.8 Å². The monoisotopic (exact) mass is 267 g/mol. The molecule has 0 saturated carbocycles. The molecule has 4 N–H and O–H groups in total. The average molecular weight is 267 g/mol. The summed E-state index contributed by atoms with van der Waals surface area (Å²) in [5.74, 6) is 0. The molecule has 0 aliphatic carbocycles. The van der Waals surface area contributed by atoms with Gasteiger partial charge in [-0.1, -0.05) is 23.9 Å². The second-order valence-electron chi connectivity index (χ2n) is 4.02. The van der Waals surface area contributed by atoms with E-state index in [1.54, 1.807) is 7.11 Å². The van der Waals surface area contributed by atoms with E-state index in [1.165, 1.54) is 11.8 Å². The molecule has 2 aromatic rings. The molecule has 0 saturated heterocycles. The highest BCUT2D eigenvalue weighted by Gasteiger charge is 2.19. The maximum absolute atomic E-state index is 9.36. The number of para-hydroxylation sites is 2. The lowest BCUT2D eigenvalue weighted by molar-refractivity contribution is 0.167. The number of rotatable bonds is 6. The predicted molar refractivity (Wildman–Crippen MR) is 72.7 cm³/mol. The van der Waals surface area contributed by atoms with Crippen LogP contribution in [0.25, 0.3) is 11.0 Å². The van der Waals surface area contributed by atoms with Crippen molar-refractivity contribution < 1.29 is 9.84 Å². The van der Waals surface area contributed by atoms with Crippen LogP contribution in [0.1, 0.15) is 0 Å². The van der Waals surface area contributed by atoms with Crippen molar-refractivity contribution in [1.29, 1.82) is 0 Å². The Morgan fingerprint density at radius 3 is 2.94 bits per heavy atom. The van der Waals surface area contributed by atoms with Crippen molar-refractivity contribution in [3.8, 4) is 0 Å². The third kappa shape index (κ3) is 3.02. The van der Waals surface area contributed by atoms with Gasteiger partial charge in [0, 0.05) is 13.2 Å². The summed E-state index contributed by atoms with van der Waals surface area (Å²) in [6, 6.07) is 7.58. The topological polar surface area (TPSA) is 84.2 Å². The molecule has 0 fully saturated rings. The van der Waals surface area contributed by atoms with E-state index in [2.05, 4.69) is 9.97 Å². The number of nitrogens with two attached hydrogens (primary N) is 1. The fourth-order valence-corrected chi connectivity index (χ4v) is 2.62. The number of aliphatic hydroxyl groups is 1. The molecule has 6 heteroatoms. The molecule has 5 nitrogen and oxygen atoms in total. The second-order valence-corrected chi connectivity index (χ2v) is 5.25. The fourth-order valence-electron chi connectivity index (χ4n) is 1.69. The van der Waals surface area contributed by atoms with Crippen LogP contribution in [0, 0.1) is 0 Å². The molecule has 0 spiro atoms. The summed E-state index contributed by atoms with van der Waals surface area (Å²) < 4.78 is 5.00. The zero-order valence-electron chi connectivity index (χ0n) is 10.2. The molecular weight excluding hydrogens is 250 g/mol. The van der Waals surface area contributed by atoms with E-state index in [4.69, 9.17) is 10.5 Å². The Labute approximate surface area is 110 Å². The molecule has 1 aromatic carbocycles. The van der Waals surface area contributed by atoms with E-state index in [0.29, 0.717) is 6.61 Å². The van der Waals surface area contributed by atoms with Crippen molar-refractivity contribution in [1.82, 2.24) is 9.97 Å². The summed E-state index contributed by atoms with van der Waals surface area (Å²) in [5, 5.41) is 9.99. The number of methoxy groups -OCH3 is 1. The van der Waals surface area contributed by atoms with Gasteiger partial charge in [0.15, 0.2) is 5.16 Å². The van der Waals surface area contributed by atoms with Gasteiger partial charge in [-0.3, -0.25) is 0 Å². The minimum Gasteiger partial charge on any atom is -0.395 e. The van der Waals surface area contributed by atoms with Crippen LogP contribution in [-0.2, 0) is 4.74 Å². The van der Waals surface area contributed by atoms with Crippen molar-refractivity contribution in [2.75, 3.05) is 20.3 Å². The van der Waals surface area contributed by atoms with E-state index in [0.717, 1.165) is 16.2 Å². The minimum absolute atomic E-state index is 0.00770. The summed E-state index contributed by atoms with van der Waals surface area (Å²) in [5.41, 5.74) is 7.83. The molecule has 1 heterocycles. The number of aromatic amines is 1. The van der Waals surface area contributed by atoms with Gasteiger partial charge >= 0.3 is 0 Å². The number of aliphatic hydroxyl groups excluding tert-OH is 1. The maximum Gasteiger partial charge on any atom is 0.166 e. The maximum atomic E-state index is 9.36. The number of nitrogens with one attached hydrogen (secondary N) is 1. The van der Waals surface area contributed by atoms with Crippen LogP contribution in [0.4, 0.5) is 0 Å². The Morgan fingerprint density at radius 1 is 1.50 bits per heavy atom. The van der Waals surface area contributed by atoms with Crippen LogP contribution in [0.3, 0.4) is 0 Å². The first-order valence-corrected chi connectivity index (χ1v) is 6.59. The van der Waals surface area contributed by atoms with Crippen LogP contribution < -0.4 is 5.73 Å². The standard InChI is InChI=1S/C12H17N3O2S/c1-17-7-8(13)11(6-16)18-12-14-9-4-2-3-5-10(9)15-12/h2-5,8,11,16H,6-7,13H2,1H3,(H,14,15). The summed E-state index contributed by atoms with van der Waals surface area (Å²) in [7, 11) is 1.60.